The highest BCUT2D eigenvalue weighted by Gasteiger charge is 2.30. The Morgan fingerprint density at radius 1 is 0.786 bits per heavy atom. The minimum Gasteiger partial charge on any atom is -0.116 e. The normalized spacial score (nSPS) is 24.4. The van der Waals surface area contributed by atoms with Crippen LogP contribution < -0.4 is 0 Å². The van der Waals surface area contributed by atoms with Gasteiger partial charge >= 0.3 is 0 Å². The summed E-state index contributed by atoms with van der Waals surface area (Å²) in [5, 5.41) is 2.30. The lowest BCUT2D eigenvalue weighted by Crippen LogP contribution is -1.89. The van der Waals surface area contributed by atoms with Gasteiger partial charge in [0.25, 0.3) is 0 Å². The molecule has 0 aromatic heterocycles. The van der Waals surface area contributed by atoms with E-state index in [1.54, 1.807) is 0 Å². The van der Waals surface area contributed by atoms with Crippen molar-refractivity contribution in [2.75, 3.05) is 0 Å². The van der Waals surface area contributed by atoms with Crippen LogP contribution >= 0.6 is 23.2 Å². The van der Waals surface area contributed by atoms with E-state index in [-0.39, 0.29) is 10.8 Å². The summed E-state index contributed by atoms with van der Waals surface area (Å²) in [7, 11) is 0. The van der Waals surface area contributed by atoms with Gasteiger partial charge in [0.2, 0.25) is 0 Å². The maximum absolute atomic E-state index is 6.27. The summed E-state index contributed by atoms with van der Waals surface area (Å²) in [5.41, 5.74) is 2.33. The second-order valence-electron chi connectivity index (χ2n) is 3.60. The first-order chi connectivity index (χ1) is 6.79. The van der Waals surface area contributed by atoms with Crippen molar-refractivity contribution in [2.24, 2.45) is 0 Å². The molecule has 0 N–H and O–H groups in total. The van der Waals surface area contributed by atoms with Gasteiger partial charge in [-0.3, -0.25) is 0 Å². The van der Waals surface area contributed by atoms with Crippen LogP contribution in [-0.4, -0.2) is 0 Å². The van der Waals surface area contributed by atoms with Gasteiger partial charge in [0.15, 0.2) is 0 Å². The molecule has 1 aliphatic carbocycles. The summed E-state index contributed by atoms with van der Waals surface area (Å²) >= 11 is 12.5. The van der Waals surface area contributed by atoms with Crippen molar-refractivity contribution in [1.82, 2.24) is 0 Å². The predicted molar refractivity (Wildman–Crippen MR) is 61.1 cm³/mol. The van der Waals surface area contributed by atoms with Crippen LogP contribution in [0.2, 0.25) is 0 Å². The van der Waals surface area contributed by atoms with E-state index in [1.165, 1.54) is 21.9 Å². The van der Waals surface area contributed by atoms with Crippen molar-refractivity contribution in [3.63, 3.8) is 0 Å². The molecular formula is C12H8Cl2. The van der Waals surface area contributed by atoms with Crippen LogP contribution in [0, 0.1) is 0 Å². The molecule has 2 aromatic rings. The van der Waals surface area contributed by atoms with Crippen LogP contribution in [0.15, 0.2) is 36.4 Å². The Morgan fingerprint density at radius 3 is 1.79 bits per heavy atom. The monoisotopic (exact) mass is 222 g/mol. The summed E-state index contributed by atoms with van der Waals surface area (Å²) in [6.45, 7) is 0. The predicted octanol–water partition coefficient (Wildman–Crippen LogP) is 4.41. The third-order valence-electron chi connectivity index (χ3n) is 2.82. The van der Waals surface area contributed by atoms with E-state index in [4.69, 9.17) is 23.2 Å². The molecule has 0 nitrogen and oxygen atoms in total. The number of rotatable bonds is 0. The zero-order valence-electron chi connectivity index (χ0n) is 7.37. The molecule has 0 aliphatic heterocycles. The third kappa shape index (κ3) is 0.958. The molecule has 2 atom stereocenters. The Bertz CT molecular complexity index is 462. The van der Waals surface area contributed by atoms with Gasteiger partial charge in [0.05, 0.1) is 10.8 Å². The molecule has 0 saturated carbocycles. The zero-order chi connectivity index (χ0) is 9.71. The molecule has 1 aliphatic rings. The third-order valence-corrected chi connectivity index (χ3v) is 3.92. The van der Waals surface area contributed by atoms with Crippen LogP contribution in [0.3, 0.4) is 0 Å². The summed E-state index contributed by atoms with van der Waals surface area (Å²) in [4.78, 5) is 0. The number of halogens is 2. The Hall–Kier alpha value is -0.720. The standard InChI is InChI=1S/C12H8Cl2/c13-11-8-5-1-3-7-4-2-6-9(10(7)8)12(11)14/h1-6,11-12H/t11-,12-/m1/s1. The van der Waals surface area contributed by atoms with Crippen molar-refractivity contribution in [3.05, 3.63) is 47.5 Å². The maximum atomic E-state index is 6.27. The van der Waals surface area contributed by atoms with Gasteiger partial charge in [-0.1, -0.05) is 36.4 Å². The fourth-order valence-electron chi connectivity index (χ4n) is 2.17. The molecule has 0 saturated heterocycles. The Labute approximate surface area is 92.4 Å². The molecule has 70 valence electrons. The number of alkyl halides is 2. The van der Waals surface area contributed by atoms with Crippen molar-refractivity contribution in [1.29, 1.82) is 0 Å². The van der Waals surface area contributed by atoms with Gasteiger partial charge in [0.1, 0.15) is 0 Å². The molecule has 0 spiro atoms. The molecule has 0 amide bonds. The smallest absolute Gasteiger partial charge is 0.0796 e. The molecule has 3 rings (SSSR count). The first-order valence-electron chi connectivity index (χ1n) is 4.59. The first kappa shape index (κ1) is 8.58. The molecule has 0 bridgehead atoms. The van der Waals surface area contributed by atoms with E-state index in [9.17, 15) is 0 Å². The molecule has 2 aromatic carbocycles. The summed E-state index contributed by atoms with van der Waals surface area (Å²) in [5.74, 6) is 0. The lowest BCUT2D eigenvalue weighted by molar-refractivity contribution is 0.936. The zero-order valence-corrected chi connectivity index (χ0v) is 8.89. The summed E-state index contributed by atoms with van der Waals surface area (Å²) < 4.78 is 0. The molecular weight excluding hydrogens is 215 g/mol. The van der Waals surface area contributed by atoms with Gasteiger partial charge in [-0.2, -0.15) is 0 Å². The van der Waals surface area contributed by atoms with E-state index in [0.29, 0.717) is 0 Å². The number of benzene rings is 2. The molecule has 14 heavy (non-hydrogen) atoms. The second kappa shape index (κ2) is 2.88. The molecule has 0 unspecified atom stereocenters. The maximum Gasteiger partial charge on any atom is 0.0796 e. The van der Waals surface area contributed by atoms with Crippen LogP contribution in [0.4, 0.5) is 0 Å². The van der Waals surface area contributed by atoms with Gasteiger partial charge in [-0.15, -0.1) is 23.2 Å². The lowest BCUT2D eigenvalue weighted by atomic mass is 10.1. The van der Waals surface area contributed by atoms with Gasteiger partial charge in [0, 0.05) is 0 Å². The van der Waals surface area contributed by atoms with Crippen LogP contribution in [0.25, 0.3) is 10.8 Å². The lowest BCUT2D eigenvalue weighted by Gasteiger charge is -2.05. The fourth-order valence-corrected chi connectivity index (χ4v) is 2.81. The first-order valence-corrected chi connectivity index (χ1v) is 5.46. The van der Waals surface area contributed by atoms with Crippen LogP contribution in [0.5, 0.6) is 0 Å². The molecule has 0 fully saturated rings. The SMILES string of the molecule is Cl[C@@H]1c2cccc3cccc(c23)[C@H]1Cl. The molecule has 0 radical (unpaired) electrons. The van der Waals surface area contributed by atoms with Crippen LogP contribution in [0.1, 0.15) is 21.9 Å². The Balaban J connectivity index is 2.49. The minimum atomic E-state index is -0.0854. The van der Waals surface area contributed by atoms with E-state index in [1.807, 2.05) is 12.1 Å². The highest BCUT2D eigenvalue weighted by atomic mass is 35.5. The van der Waals surface area contributed by atoms with E-state index >= 15 is 0 Å². The number of hydrogen-bond acceptors (Lipinski definition) is 0. The fraction of sp³-hybridized carbons (Fsp3) is 0.167. The average Bonchev–Trinajstić information content (AvgIpc) is 2.47. The van der Waals surface area contributed by atoms with Crippen molar-refractivity contribution >= 4 is 34.0 Å². The summed E-state index contributed by atoms with van der Waals surface area (Å²) in [6.07, 6.45) is 0. The van der Waals surface area contributed by atoms with E-state index < -0.39 is 0 Å². The highest BCUT2D eigenvalue weighted by Crippen LogP contribution is 2.50. The largest absolute Gasteiger partial charge is 0.116 e. The molecule has 0 heterocycles. The number of hydrogen-bond donors (Lipinski definition) is 0. The van der Waals surface area contributed by atoms with E-state index in [2.05, 4.69) is 24.3 Å². The minimum absolute atomic E-state index is 0.0854. The molecule has 2 heteroatoms. The van der Waals surface area contributed by atoms with Gasteiger partial charge in [-0.05, 0) is 21.9 Å². The quantitative estimate of drug-likeness (QED) is 0.580. The Kier molecular flexibility index (Phi) is 1.77. The summed E-state index contributed by atoms with van der Waals surface area (Å²) in [6, 6.07) is 12.4. The second-order valence-corrected chi connectivity index (χ2v) is 4.54. The van der Waals surface area contributed by atoms with Crippen molar-refractivity contribution in [3.8, 4) is 0 Å². The van der Waals surface area contributed by atoms with Crippen molar-refractivity contribution in [2.45, 2.75) is 10.8 Å². The van der Waals surface area contributed by atoms with E-state index in [0.717, 1.165) is 0 Å². The van der Waals surface area contributed by atoms with Gasteiger partial charge in [-0.25, -0.2) is 0 Å². The highest BCUT2D eigenvalue weighted by molar-refractivity contribution is 6.33. The van der Waals surface area contributed by atoms with Crippen LogP contribution in [-0.2, 0) is 0 Å². The Morgan fingerprint density at radius 2 is 1.29 bits per heavy atom. The van der Waals surface area contributed by atoms with Crippen molar-refractivity contribution < 1.29 is 0 Å². The average molecular weight is 223 g/mol. The topological polar surface area (TPSA) is 0 Å². The van der Waals surface area contributed by atoms with Gasteiger partial charge < -0.3 is 0 Å².